The van der Waals surface area contributed by atoms with Crippen molar-refractivity contribution in [2.24, 2.45) is 5.73 Å². The van der Waals surface area contributed by atoms with Crippen molar-refractivity contribution < 1.29 is 9.15 Å². The molecule has 0 aliphatic carbocycles. The second-order valence-electron chi connectivity index (χ2n) is 5.68. The molecular formula is C17H23NO2. The summed E-state index contributed by atoms with van der Waals surface area (Å²) in [7, 11) is 0. The second-order valence-corrected chi connectivity index (χ2v) is 5.68. The summed E-state index contributed by atoms with van der Waals surface area (Å²) in [5.74, 6) is 1.65. The molecule has 0 unspecified atom stereocenters. The fourth-order valence-electron chi connectivity index (χ4n) is 1.97. The lowest BCUT2D eigenvalue weighted by Crippen LogP contribution is -2.15. The van der Waals surface area contributed by atoms with Crippen molar-refractivity contribution in [3.8, 4) is 5.75 Å². The van der Waals surface area contributed by atoms with Gasteiger partial charge >= 0.3 is 0 Å². The molecule has 0 saturated heterocycles. The van der Waals surface area contributed by atoms with E-state index in [1.165, 1.54) is 5.56 Å². The molecule has 0 spiro atoms. The van der Waals surface area contributed by atoms with Gasteiger partial charge in [0.1, 0.15) is 18.1 Å². The van der Waals surface area contributed by atoms with Gasteiger partial charge in [0.15, 0.2) is 0 Å². The molecule has 108 valence electrons. The first kappa shape index (κ1) is 14.7. The molecule has 2 N–H and O–H groups in total. The lowest BCUT2D eigenvalue weighted by molar-refractivity contribution is 0.270. The van der Waals surface area contributed by atoms with E-state index >= 15 is 0 Å². The highest BCUT2D eigenvalue weighted by molar-refractivity contribution is 5.31. The molecule has 0 bridgehead atoms. The van der Waals surface area contributed by atoms with Crippen molar-refractivity contribution in [1.82, 2.24) is 0 Å². The number of ether oxygens (including phenoxy) is 1. The van der Waals surface area contributed by atoms with Crippen molar-refractivity contribution in [1.29, 1.82) is 0 Å². The van der Waals surface area contributed by atoms with E-state index in [0.717, 1.165) is 23.5 Å². The number of hydrogen-bond donors (Lipinski definition) is 1. The molecule has 0 amide bonds. The van der Waals surface area contributed by atoms with E-state index in [-0.39, 0.29) is 5.41 Å². The molecule has 0 radical (unpaired) electrons. The molecule has 0 atom stereocenters. The normalized spacial score (nSPS) is 11.6. The second kappa shape index (κ2) is 6.14. The highest BCUT2D eigenvalue weighted by atomic mass is 16.5. The van der Waals surface area contributed by atoms with Gasteiger partial charge in [0, 0.05) is 12.1 Å². The fourth-order valence-corrected chi connectivity index (χ4v) is 1.97. The number of nitrogens with two attached hydrogens (primary N) is 1. The van der Waals surface area contributed by atoms with Gasteiger partial charge in [0.2, 0.25) is 0 Å². The van der Waals surface area contributed by atoms with Gasteiger partial charge in [-0.05, 0) is 35.6 Å². The first-order valence-electron chi connectivity index (χ1n) is 7.05. The van der Waals surface area contributed by atoms with Gasteiger partial charge in [-0.25, -0.2) is 0 Å². The minimum atomic E-state index is 0.204. The quantitative estimate of drug-likeness (QED) is 0.865. The van der Waals surface area contributed by atoms with Crippen molar-refractivity contribution in [3.63, 3.8) is 0 Å². The van der Waals surface area contributed by atoms with Crippen molar-refractivity contribution in [3.05, 3.63) is 53.5 Å². The van der Waals surface area contributed by atoms with Crippen LogP contribution in [0.25, 0.3) is 0 Å². The van der Waals surface area contributed by atoms with Crippen LogP contribution in [0.4, 0.5) is 0 Å². The van der Waals surface area contributed by atoms with E-state index < -0.39 is 0 Å². The molecule has 20 heavy (non-hydrogen) atoms. The third-order valence-corrected chi connectivity index (χ3v) is 3.84. The summed E-state index contributed by atoms with van der Waals surface area (Å²) in [6.07, 6.45) is 2.78. The minimum absolute atomic E-state index is 0.204. The molecular weight excluding hydrogens is 250 g/mol. The zero-order valence-corrected chi connectivity index (χ0v) is 12.5. The van der Waals surface area contributed by atoms with Crippen LogP contribution >= 0.6 is 0 Å². The average Bonchev–Trinajstić information content (AvgIpc) is 2.93. The number of hydrogen-bond acceptors (Lipinski definition) is 3. The van der Waals surface area contributed by atoms with Crippen LogP contribution in [0, 0.1) is 0 Å². The number of benzene rings is 1. The van der Waals surface area contributed by atoms with Crippen LogP contribution in [0.5, 0.6) is 5.75 Å². The molecule has 3 heteroatoms. The fraction of sp³-hybridized carbons (Fsp3) is 0.412. The van der Waals surface area contributed by atoms with E-state index in [2.05, 4.69) is 32.9 Å². The zero-order chi connectivity index (χ0) is 14.6. The summed E-state index contributed by atoms with van der Waals surface area (Å²) in [5.41, 5.74) is 8.06. The van der Waals surface area contributed by atoms with E-state index in [4.69, 9.17) is 14.9 Å². The number of furan rings is 1. The smallest absolute Gasteiger partial charge is 0.146 e. The zero-order valence-electron chi connectivity index (χ0n) is 12.5. The maximum absolute atomic E-state index is 5.72. The summed E-state index contributed by atoms with van der Waals surface area (Å²) in [4.78, 5) is 0. The van der Waals surface area contributed by atoms with Gasteiger partial charge in [-0.1, -0.05) is 32.9 Å². The molecule has 2 aromatic rings. The van der Waals surface area contributed by atoms with Gasteiger partial charge in [-0.3, -0.25) is 0 Å². The molecule has 0 fully saturated rings. The van der Waals surface area contributed by atoms with E-state index in [0.29, 0.717) is 13.2 Å². The van der Waals surface area contributed by atoms with Crippen molar-refractivity contribution >= 4 is 0 Å². The molecule has 1 aromatic carbocycles. The van der Waals surface area contributed by atoms with Crippen LogP contribution in [0.1, 0.15) is 44.1 Å². The molecule has 1 aromatic heterocycles. The van der Waals surface area contributed by atoms with Crippen molar-refractivity contribution in [2.45, 2.75) is 45.8 Å². The Bertz CT molecular complexity index is 540. The van der Waals surface area contributed by atoms with Gasteiger partial charge in [0.25, 0.3) is 0 Å². The van der Waals surface area contributed by atoms with Crippen LogP contribution in [-0.2, 0) is 18.6 Å². The van der Waals surface area contributed by atoms with Gasteiger partial charge in [-0.15, -0.1) is 0 Å². The van der Waals surface area contributed by atoms with Crippen LogP contribution in [0.15, 0.2) is 41.0 Å². The molecule has 0 aliphatic heterocycles. The summed E-state index contributed by atoms with van der Waals surface area (Å²) < 4.78 is 11.1. The van der Waals surface area contributed by atoms with Gasteiger partial charge < -0.3 is 14.9 Å². The Morgan fingerprint density at radius 2 is 1.90 bits per heavy atom. The standard InChI is InChI=1S/C17H23NO2/c1-4-17(2,3)14-5-7-15(8-6-14)20-12-16-9-13(10-18)11-19-16/h5-9,11H,4,10,12,18H2,1-3H3. The molecule has 0 saturated carbocycles. The monoisotopic (exact) mass is 273 g/mol. The van der Waals surface area contributed by atoms with E-state index in [1.807, 2.05) is 18.2 Å². The molecule has 3 nitrogen and oxygen atoms in total. The first-order valence-corrected chi connectivity index (χ1v) is 7.05. The van der Waals surface area contributed by atoms with Crippen LogP contribution < -0.4 is 10.5 Å². The highest BCUT2D eigenvalue weighted by Gasteiger charge is 2.17. The summed E-state index contributed by atoms with van der Waals surface area (Å²) >= 11 is 0. The minimum Gasteiger partial charge on any atom is -0.486 e. The summed E-state index contributed by atoms with van der Waals surface area (Å²) in [5, 5.41) is 0. The number of rotatable bonds is 6. The topological polar surface area (TPSA) is 48.4 Å². The predicted octanol–water partition coefficient (Wildman–Crippen LogP) is 4.00. The predicted molar refractivity (Wildman–Crippen MR) is 80.7 cm³/mol. The van der Waals surface area contributed by atoms with Crippen LogP contribution in [0.3, 0.4) is 0 Å². The first-order chi connectivity index (χ1) is 9.55. The lowest BCUT2D eigenvalue weighted by atomic mass is 9.82. The Balaban J connectivity index is 1.97. The molecule has 0 aliphatic rings. The average molecular weight is 273 g/mol. The maximum atomic E-state index is 5.72. The SMILES string of the molecule is CCC(C)(C)c1ccc(OCc2cc(CN)co2)cc1. The Morgan fingerprint density at radius 1 is 1.20 bits per heavy atom. The maximum Gasteiger partial charge on any atom is 0.146 e. The Morgan fingerprint density at radius 3 is 2.45 bits per heavy atom. The van der Waals surface area contributed by atoms with E-state index in [1.54, 1.807) is 6.26 Å². The molecule has 2 rings (SSSR count). The molecule has 1 heterocycles. The van der Waals surface area contributed by atoms with Crippen molar-refractivity contribution in [2.75, 3.05) is 0 Å². The van der Waals surface area contributed by atoms with Gasteiger partial charge in [-0.2, -0.15) is 0 Å². The lowest BCUT2D eigenvalue weighted by Gasteiger charge is -2.23. The Kier molecular flexibility index (Phi) is 4.50. The van der Waals surface area contributed by atoms with E-state index in [9.17, 15) is 0 Å². The Hall–Kier alpha value is -1.74. The third-order valence-electron chi connectivity index (χ3n) is 3.84. The van der Waals surface area contributed by atoms with Crippen LogP contribution in [-0.4, -0.2) is 0 Å². The van der Waals surface area contributed by atoms with Crippen LogP contribution in [0.2, 0.25) is 0 Å². The summed E-state index contributed by atoms with van der Waals surface area (Å²) in [6.45, 7) is 7.62. The van der Waals surface area contributed by atoms with Gasteiger partial charge in [0.05, 0.1) is 6.26 Å². The summed E-state index contributed by atoms with van der Waals surface area (Å²) in [6, 6.07) is 10.2. The largest absolute Gasteiger partial charge is 0.486 e. The third kappa shape index (κ3) is 3.42. The Labute approximate surface area is 120 Å². The highest BCUT2D eigenvalue weighted by Crippen LogP contribution is 2.28.